The molecule has 0 radical (unpaired) electrons. The van der Waals surface area contributed by atoms with Gasteiger partial charge in [0.05, 0.1) is 0 Å². The summed E-state index contributed by atoms with van der Waals surface area (Å²) in [4.78, 5) is 10.5. The number of hydrogen-bond acceptors (Lipinski definition) is 6. The smallest absolute Gasteiger partial charge is 0.387 e. The number of fused-ring (bicyclic) bond motifs is 1. The van der Waals surface area contributed by atoms with E-state index in [1.54, 1.807) is 24.3 Å². The number of alkyl halides is 4. The van der Waals surface area contributed by atoms with Gasteiger partial charge < -0.3 is 9.47 Å². The van der Waals surface area contributed by atoms with Crippen LogP contribution in [0.25, 0.3) is 30.8 Å². The van der Waals surface area contributed by atoms with Crippen molar-refractivity contribution in [1.29, 1.82) is 0 Å². The molecule has 144 valence electrons. The summed E-state index contributed by atoms with van der Waals surface area (Å²) in [6.07, 6.45) is 0. The van der Waals surface area contributed by atoms with Gasteiger partial charge in [-0.05, 0) is 48.5 Å². The zero-order valence-electron chi connectivity index (χ0n) is 13.8. The van der Waals surface area contributed by atoms with Crippen LogP contribution in [0.15, 0.2) is 48.5 Å². The Morgan fingerprint density at radius 1 is 0.607 bits per heavy atom. The molecule has 0 spiro atoms. The van der Waals surface area contributed by atoms with E-state index in [0.717, 1.165) is 20.8 Å². The summed E-state index contributed by atoms with van der Waals surface area (Å²) in [5, 5.41) is 1.43. The standard InChI is InChI=1S/C18H10F4N2O2S2/c19-17(20)25-11-5-1-9(2-6-11)13-23-15-16(27-13)24-14(28-15)10-3-7-12(8-4-10)26-18(21)22/h1-8,17-18H. The van der Waals surface area contributed by atoms with Crippen LogP contribution in [0.1, 0.15) is 0 Å². The van der Waals surface area contributed by atoms with Crippen LogP contribution in [0, 0.1) is 0 Å². The van der Waals surface area contributed by atoms with Crippen LogP contribution >= 0.6 is 22.7 Å². The van der Waals surface area contributed by atoms with Crippen molar-refractivity contribution < 1.29 is 27.0 Å². The lowest BCUT2D eigenvalue weighted by molar-refractivity contribution is -0.0505. The highest BCUT2D eigenvalue weighted by Gasteiger charge is 2.14. The Morgan fingerprint density at radius 3 is 1.29 bits per heavy atom. The van der Waals surface area contributed by atoms with Crippen molar-refractivity contribution in [2.45, 2.75) is 13.2 Å². The Hall–Kier alpha value is -2.72. The molecule has 4 rings (SSSR count). The first kappa shape index (κ1) is 18.6. The predicted molar refractivity (Wildman–Crippen MR) is 99.4 cm³/mol. The van der Waals surface area contributed by atoms with Gasteiger partial charge >= 0.3 is 13.2 Å². The number of aromatic nitrogens is 2. The minimum Gasteiger partial charge on any atom is -0.435 e. The number of ether oxygens (including phenoxy) is 2. The summed E-state index contributed by atoms with van der Waals surface area (Å²) in [7, 11) is 0. The number of nitrogens with zero attached hydrogens (tertiary/aromatic N) is 2. The second-order valence-electron chi connectivity index (χ2n) is 5.45. The summed E-state index contributed by atoms with van der Waals surface area (Å²) < 4.78 is 57.5. The number of benzene rings is 2. The van der Waals surface area contributed by atoms with Gasteiger partial charge in [0, 0.05) is 11.1 Å². The lowest BCUT2D eigenvalue weighted by atomic mass is 10.2. The van der Waals surface area contributed by atoms with Gasteiger partial charge in [0.15, 0.2) is 9.66 Å². The minimum atomic E-state index is -2.87. The van der Waals surface area contributed by atoms with E-state index in [1.807, 2.05) is 0 Å². The van der Waals surface area contributed by atoms with E-state index in [1.165, 1.54) is 46.9 Å². The van der Waals surface area contributed by atoms with Crippen molar-refractivity contribution >= 4 is 32.3 Å². The fraction of sp³-hybridized carbons (Fsp3) is 0.111. The third-order valence-electron chi connectivity index (χ3n) is 3.63. The van der Waals surface area contributed by atoms with Gasteiger partial charge in [0.25, 0.3) is 0 Å². The molecule has 28 heavy (non-hydrogen) atoms. The first-order valence-corrected chi connectivity index (χ1v) is 9.49. The second kappa shape index (κ2) is 7.72. The minimum absolute atomic E-state index is 0.0804. The highest BCUT2D eigenvalue weighted by atomic mass is 32.1. The topological polar surface area (TPSA) is 44.2 Å². The fourth-order valence-electron chi connectivity index (χ4n) is 2.45. The monoisotopic (exact) mass is 426 g/mol. The average Bonchev–Trinajstić information content (AvgIpc) is 3.21. The molecule has 4 nitrogen and oxygen atoms in total. The van der Waals surface area contributed by atoms with Crippen molar-refractivity contribution in [3.63, 3.8) is 0 Å². The van der Waals surface area contributed by atoms with Gasteiger partial charge in [-0.2, -0.15) is 17.6 Å². The Kier molecular flexibility index (Phi) is 5.14. The molecule has 0 saturated carbocycles. The normalized spacial score (nSPS) is 11.5. The maximum Gasteiger partial charge on any atom is 0.387 e. The summed E-state index contributed by atoms with van der Waals surface area (Å²) in [5.74, 6) is 0.161. The highest BCUT2D eigenvalue weighted by Crippen LogP contribution is 2.37. The average molecular weight is 426 g/mol. The van der Waals surface area contributed by atoms with Crippen LogP contribution in [-0.2, 0) is 0 Å². The van der Waals surface area contributed by atoms with Crippen LogP contribution in [0.3, 0.4) is 0 Å². The highest BCUT2D eigenvalue weighted by molar-refractivity contribution is 7.29. The first-order valence-electron chi connectivity index (χ1n) is 7.86. The molecular formula is C18H10F4N2O2S2. The molecule has 0 amide bonds. The molecule has 0 N–H and O–H groups in total. The number of thiazole rings is 2. The van der Waals surface area contributed by atoms with E-state index in [4.69, 9.17) is 0 Å². The number of hydrogen-bond donors (Lipinski definition) is 0. The van der Waals surface area contributed by atoms with Crippen molar-refractivity contribution in [3.05, 3.63) is 48.5 Å². The Labute approximate surface area is 164 Å². The molecule has 0 bridgehead atoms. The molecule has 0 aliphatic heterocycles. The molecule has 2 aromatic carbocycles. The van der Waals surface area contributed by atoms with Crippen molar-refractivity contribution in [1.82, 2.24) is 9.97 Å². The quantitative estimate of drug-likeness (QED) is 0.340. The van der Waals surface area contributed by atoms with Crippen LogP contribution < -0.4 is 9.47 Å². The number of rotatable bonds is 6. The Bertz CT molecular complexity index is 965. The first-order chi connectivity index (χ1) is 13.5. The third-order valence-corrected chi connectivity index (χ3v) is 5.75. The maximum absolute atomic E-state index is 12.2. The van der Waals surface area contributed by atoms with Gasteiger partial charge in [0.1, 0.15) is 21.5 Å². The second-order valence-corrected chi connectivity index (χ2v) is 7.41. The molecule has 10 heteroatoms. The SMILES string of the molecule is FC(F)Oc1ccc(-c2nc3sc(-c4ccc(OC(F)F)cc4)nc3s2)cc1. The van der Waals surface area contributed by atoms with Crippen LogP contribution in [0.5, 0.6) is 11.5 Å². The molecule has 0 aliphatic carbocycles. The predicted octanol–water partition coefficient (Wildman–Crippen LogP) is 6.29. The molecule has 0 atom stereocenters. The van der Waals surface area contributed by atoms with E-state index in [9.17, 15) is 17.6 Å². The molecule has 0 saturated heterocycles. The van der Waals surface area contributed by atoms with Crippen molar-refractivity contribution in [2.75, 3.05) is 0 Å². The number of halogens is 4. The van der Waals surface area contributed by atoms with Gasteiger partial charge in [-0.3, -0.25) is 0 Å². The van der Waals surface area contributed by atoms with Crippen LogP contribution in [0.2, 0.25) is 0 Å². The summed E-state index contributed by atoms with van der Waals surface area (Å²) in [5.41, 5.74) is 1.54. The van der Waals surface area contributed by atoms with E-state index >= 15 is 0 Å². The van der Waals surface area contributed by atoms with Gasteiger partial charge in [-0.25, -0.2) is 9.97 Å². The van der Waals surface area contributed by atoms with E-state index in [2.05, 4.69) is 19.4 Å². The fourth-order valence-corrected chi connectivity index (χ4v) is 4.50. The summed E-state index contributed by atoms with van der Waals surface area (Å²) in [6, 6.07) is 12.5. The lowest BCUT2D eigenvalue weighted by Crippen LogP contribution is -2.01. The van der Waals surface area contributed by atoms with Crippen molar-refractivity contribution in [3.8, 4) is 32.6 Å². The van der Waals surface area contributed by atoms with E-state index in [-0.39, 0.29) is 11.5 Å². The Balaban J connectivity index is 1.55. The van der Waals surface area contributed by atoms with Crippen LogP contribution in [-0.4, -0.2) is 23.2 Å². The largest absolute Gasteiger partial charge is 0.435 e. The molecule has 2 aromatic heterocycles. The van der Waals surface area contributed by atoms with E-state index in [0.29, 0.717) is 10.0 Å². The summed E-state index contributed by atoms with van der Waals surface area (Å²) >= 11 is 2.75. The zero-order chi connectivity index (χ0) is 19.7. The molecule has 0 fully saturated rings. The molecule has 0 aliphatic rings. The van der Waals surface area contributed by atoms with Gasteiger partial charge in [-0.1, -0.05) is 22.7 Å². The maximum atomic E-state index is 12.2. The lowest BCUT2D eigenvalue weighted by Gasteiger charge is -2.04. The molecular weight excluding hydrogens is 416 g/mol. The van der Waals surface area contributed by atoms with Gasteiger partial charge in [0.2, 0.25) is 0 Å². The van der Waals surface area contributed by atoms with E-state index < -0.39 is 13.2 Å². The summed E-state index contributed by atoms with van der Waals surface area (Å²) in [6.45, 7) is -5.73. The molecule has 2 heterocycles. The molecule has 4 aromatic rings. The molecule has 0 unspecified atom stereocenters. The zero-order valence-corrected chi connectivity index (χ0v) is 15.4. The van der Waals surface area contributed by atoms with Crippen LogP contribution in [0.4, 0.5) is 17.6 Å². The third kappa shape index (κ3) is 4.07. The Morgan fingerprint density at radius 2 is 0.964 bits per heavy atom. The van der Waals surface area contributed by atoms with Gasteiger partial charge in [-0.15, -0.1) is 0 Å². The van der Waals surface area contributed by atoms with Crippen molar-refractivity contribution in [2.24, 2.45) is 0 Å².